The molecule has 1 heterocycles. The lowest BCUT2D eigenvalue weighted by atomic mass is 10.0. The van der Waals surface area contributed by atoms with Gasteiger partial charge in [0.1, 0.15) is 5.82 Å². The van der Waals surface area contributed by atoms with Gasteiger partial charge in [-0.2, -0.15) is 5.10 Å². The van der Waals surface area contributed by atoms with Crippen molar-refractivity contribution in [2.75, 3.05) is 7.05 Å². The summed E-state index contributed by atoms with van der Waals surface area (Å²) in [5, 5.41) is 8.01. The van der Waals surface area contributed by atoms with Gasteiger partial charge in [0, 0.05) is 22.9 Å². The molecular weight excluding hydrogens is 289 g/mol. The zero-order chi connectivity index (χ0) is 15.6. The van der Waals surface area contributed by atoms with Gasteiger partial charge in [0.15, 0.2) is 0 Å². The van der Waals surface area contributed by atoms with E-state index in [-0.39, 0.29) is 16.9 Å². The average molecular weight is 310 g/mol. The fourth-order valence-electron chi connectivity index (χ4n) is 2.75. The van der Waals surface area contributed by atoms with Gasteiger partial charge >= 0.3 is 0 Å². The van der Waals surface area contributed by atoms with E-state index in [4.69, 9.17) is 11.6 Å². The molecule has 0 aliphatic rings. The first-order chi connectivity index (χ1) is 9.99. The minimum absolute atomic E-state index is 0.149. The van der Waals surface area contributed by atoms with Crippen LogP contribution in [0.2, 0.25) is 5.02 Å². The van der Waals surface area contributed by atoms with Crippen molar-refractivity contribution in [1.29, 1.82) is 0 Å². The minimum Gasteiger partial charge on any atom is -0.313 e. The van der Waals surface area contributed by atoms with E-state index in [9.17, 15) is 4.39 Å². The number of benzene rings is 1. The van der Waals surface area contributed by atoms with Crippen LogP contribution in [0.4, 0.5) is 4.39 Å². The molecule has 0 aliphatic carbocycles. The number of rotatable bonds is 5. The molecule has 0 saturated carbocycles. The fourth-order valence-corrected chi connectivity index (χ4v) is 2.95. The van der Waals surface area contributed by atoms with Gasteiger partial charge in [-0.3, -0.25) is 4.68 Å². The second kappa shape index (κ2) is 6.58. The van der Waals surface area contributed by atoms with Gasteiger partial charge in [-0.1, -0.05) is 30.7 Å². The van der Waals surface area contributed by atoms with Gasteiger partial charge in [-0.25, -0.2) is 4.39 Å². The van der Waals surface area contributed by atoms with Crippen LogP contribution < -0.4 is 5.32 Å². The van der Waals surface area contributed by atoms with E-state index in [2.05, 4.69) is 17.3 Å². The van der Waals surface area contributed by atoms with E-state index < -0.39 is 0 Å². The first-order valence-electron chi connectivity index (χ1n) is 7.13. The van der Waals surface area contributed by atoms with Crippen molar-refractivity contribution in [1.82, 2.24) is 15.1 Å². The van der Waals surface area contributed by atoms with E-state index in [1.54, 1.807) is 18.2 Å². The van der Waals surface area contributed by atoms with E-state index in [0.717, 1.165) is 17.8 Å². The summed E-state index contributed by atoms with van der Waals surface area (Å²) in [5.74, 6) is -0.367. The van der Waals surface area contributed by atoms with Crippen molar-refractivity contribution in [3.63, 3.8) is 0 Å². The van der Waals surface area contributed by atoms with Crippen LogP contribution in [0, 0.1) is 19.7 Å². The maximum atomic E-state index is 14.0. The lowest BCUT2D eigenvalue weighted by Gasteiger charge is -2.15. The van der Waals surface area contributed by atoms with Crippen molar-refractivity contribution in [2.24, 2.45) is 0 Å². The summed E-state index contributed by atoms with van der Waals surface area (Å²) >= 11 is 5.84. The van der Waals surface area contributed by atoms with Crippen LogP contribution in [0.25, 0.3) is 0 Å². The Morgan fingerprint density at radius 3 is 2.71 bits per heavy atom. The molecule has 0 bridgehead atoms. The zero-order valence-electron chi connectivity index (χ0n) is 12.9. The number of nitrogens with one attached hydrogen (secondary N) is 1. The van der Waals surface area contributed by atoms with Crippen molar-refractivity contribution in [3.05, 3.63) is 51.6 Å². The van der Waals surface area contributed by atoms with Gasteiger partial charge in [0.25, 0.3) is 0 Å². The molecule has 2 rings (SSSR count). The lowest BCUT2D eigenvalue weighted by molar-refractivity contribution is 0.563. The predicted octanol–water partition coefficient (Wildman–Crippen LogP) is 4.01. The Labute approximate surface area is 130 Å². The largest absolute Gasteiger partial charge is 0.313 e. The highest BCUT2D eigenvalue weighted by molar-refractivity contribution is 6.30. The molecule has 1 aromatic heterocycles. The normalized spacial score (nSPS) is 12.7. The third-order valence-electron chi connectivity index (χ3n) is 3.89. The second-order valence-electron chi connectivity index (χ2n) is 5.20. The average Bonchev–Trinajstić information content (AvgIpc) is 2.73. The molecule has 0 radical (unpaired) electrons. The van der Waals surface area contributed by atoms with Crippen LogP contribution in [0.1, 0.15) is 41.9 Å². The molecular formula is C16H21ClFN3. The molecule has 1 aromatic carbocycles. The van der Waals surface area contributed by atoms with Crippen molar-refractivity contribution in [3.8, 4) is 0 Å². The van der Waals surface area contributed by atoms with Crippen LogP contribution >= 0.6 is 11.6 Å². The number of halogens is 2. The molecule has 1 atom stereocenters. The SMILES string of the molecule is CCC(NC)c1c(C)nn(Cc2cccc(Cl)c2F)c1C. The Kier molecular flexibility index (Phi) is 5.01. The quantitative estimate of drug-likeness (QED) is 0.904. The van der Waals surface area contributed by atoms with E-state index in [1.165, 1.54) is 5.56 Å². The zero-order valence-corrected chi connectivity index (χ0v) is 13.6. The molecule has 1 unspecified atom stereocenters. The lowest BCUT2D eigenvalue weighted by Crippen LogP contribution is -2.17. The van der Waals surface area contributed by atoms with Crippen LogP contribution in [0.5, 0.6) is 0 Å². The number of aromatic nitrogens is 2. The standard InChI is InChI=1S/C16H21ClFN3/c1-5-14(19-4)15-10(2)20-21(11(15)3)9-12-7-6-8-13(17)16(12)18/h6-8,14,19H,5,9H2,1-4H3. The number of hydrogen-bond acceptors (Lipinski definition) is 2. The summed E-state index contributed by atoms with van der Waals surface area (Å²) < 4.78 is 15.9. The van der Waals surface area contributed by atoms with Crippen molar-refractivity contribution < 1.29 is 4.39 Å². The van der Waals surface area contributed by atoms with E-state index in [0.29, 0.717) is 12.1 Å². The summed E-state index contributed by atoms with van der Waals surface area (Å²) in [6.45, 7) is 6.54. The summed E-state index contributed by atoms with van der Waals surface area (Å²) in [6.07, 6.45) is 0.982. The molecule has 2 aromatic rings. The Morgan fingerprint density at radius 2 is 2.10 bits per heavy atom. The predicted molar refractivity (Wildman–Crippen MR) is 84.3 cm³/mol. The molecule has 21 heavy (non-hydrogen) atoms. The van der Waals surface area contributed by atoms with E-state index in [1.807, 2.05) is 25.6 Å². The molecule has 5 heteroatoms. The van der Waals surface area contributed by atoms with Crippen LogP contribution in [0.15, 0.2) is 18.2 Å². The van der Waals surface area contributed by atoms with Gasteiger partial charge in [-0.05, 0) is 33.4 Å². The van der Waals surface area contributed by atoms with Gasteiger partial charge in [-0.15, -0.1) is 0 Å². The Hall–Kier alpha value is -1.39. The number of aryl methyl sites for hydroxylation is 1. The summed E-state index contributed by atoms with van der Waals surface area (Å²) in [5.41, 5.74) is 3.80. The topological polar surface area (TPSA) is 29.9 Å². The number of hydrogen-bond donors (Lipinski definition) is 1. The summed E-state index contributed by atoms with van der Waals surface area (Å²) in [6, 6.07) is 5.33. The molecule has 0 saturated heterocycles. The van der Waals surface area contributed by atoms with Gasteiger partial charge in [0.2, 0.25) is 0 Å². The Morgan fingerprint density at radius 1 is 1.38 bits per heavy atom. The Balaban J connectivity index is 2.38. The van der Waals surface area contributed by atoms with Crippen LogP contribution in [-0.2, 0) is 6.54 Å². The summed E-state index contributed by atoms with van der Waals surface area (Å²) in [7, 11) is 1.95. The monoisotopic (exact) mass is 309 g/mol. The van der Waals surface area contributed by atoms with Crippen LogP contribution in [0.3, 0.4) is 0 Å². The van der Waals surface area contributed by atoms with Gasteiger partial charge in [0.05, 0.1) is 17.3 Å². The van der Waals surface area contributed by atoms with Crippen LogP contribution in [-0.4, -0.2) is 16.8 Å². The molecule has 0 aliphatic heterocycles. The van der Waals surface area contributed by atoms with Crippen molar-refractivity contribution in [2.45, 2.75) is 39.8 Å². The fraction of sp³-hybridized carbons (Fsp3) is 0.438. The Bertz CT molecular complexity index is 633. The molecule has 3 nitrogen and oxygen atoms in total. The third kappa shape index (κ3) is 3.11. The highest BCUT2D eigenvalue weighted by atomic mass is 35.5. The molecule has 0 fully saturated rings. The molecule has 114 valence electrons. The summed E-state index contributed by atoms with van der Waals surface area (Å²) in [4.78, 5) is 0. The van der Waals surface area contributed by atoms with Gasteiger partial charge < -0.3 is 5.32 Å². The minimum atomic E-state index is -0.367. The first kappa shape index (κ1) is 16.0. The van der Waals surface area contributed by atoms with E-state index >= 15 is 0 Å². The smallest absolute Gasteiger partial charge is 0.146 e. The first-order valence-corrected chi connectivity index (χ1v) is 7.51. The molecule has 1 N–H and O–H groups in total. The highest BCUT2D eigenvalue weighted by Gasteiger charge is 2.19. The third-order valence-corrected chi connectivity index (χ3v) is 4.19. The maximum Gasteiger partial charge on any atom is 0.146 e. The molecule has 0 amide bonds. The highest BCUT2D eigenvalue weighted by Crippen LogP contribution is 2.25. The maximum absolute atomic E-state index is 14.0. The second-order valence-corrected chi connectivity index (χ2v) is 5.61. The number of nitrogens with zero attached hydrogens (tertiary/aromatic N) is 2. The van der Waals surface area contributed by atoms with Crippen molar-refractivity contribution >= 4 is 11.6 Å². The molecule has 0 spiro atoms.